The van der Waals surface area contributed by atoms with Crippen molar-refractivity contribution in [2.24, 2.45) is 5.92 Å². The smallest absolute Gasteiger partial charge is 0.327 e. The Morgan fingerprint density at radius 2 is 1.67 bits per heavy atom. The average molecular weight is 729 g/mol. The number of aliphatic carboxylic acids is 1. The minimum atomic E-state index is -1.57. The predicted octanol–water partition coefficient (Wildman–Crippen LogP) is 0.930. The molecule has 17 heteroatoms. The van der Waals surface area contributed by atoms with Crippen LogP contribution in [-0.2, 0) is 30.4 Å². The molecule has 1 aliphatic rings. The summed E-state index contributed by atoms with van der Waals surface area (Å²) in [6.07, 6.45) is -1.49. The van der Waals surface area contributed by atoms with E-state index in [2.05, 4.69) is 31.6 Å². The van der Waals surface area contributed by atoms with Crippen molar-refractivity contribution in [2.45, 2.75) is 81.9 Å². The summed E-state index contributed by atoms with van der Waals surface area (Å²) in [4.78, 5) is 82.8. The summed E-state index contributed by atoms with van der Waals surface area (Å²) in [6.45, 7) is 6.19. The van der Waals surface area contributed by atoms with Crippen LogP contribution in [0.1, 0.15) is 50.0 Å². The van der Waals surface area contributed by atoms with Crippen LogP contribution in [0.5, 0.6) is 5.75 Å². The van der Waals surface area contributed by atoms with Gasteiger partial charge in [0.1, 0.15) is 30.2 Å². The van der Waals surface area contributed by atoms with Crippen LogP contribution in [0.3, 0.4) is 0 Å². The first kappa shape index (κ1) is 38.6. The number of H-pyrrole nitrogens is 1. The first-order chi connectivity index (χ1) is 24.0. The third-order valence-corrected chi connectivity index (χ3v) is 9.31. The van der Waals surface area contributed by atoms with E-state index in [9.17, 15) is 48.5 Å². The second kappa shape index (κ2) is 16.7. The first-order valence-corrected chi connectivity index (χ1v) is 17.2. The molecule has 0 aliphatic carbocycles. The third-order valence-electron chi connectivity index (χ3n) is 8.18. The summed E-state index contributed by atoms with van der Waals surface area (Å²) in [7, 11) is 0. The van der Waals surface area contributed by atoms with Crippen LogP contribution < -0.4 is 26.6 Å². The summed E-state index contributed by atoms with van der Waals surface area (Å²) in [5.74, 6) is -7.69. The van der Waals surface area contributed by atoms with Gasteiger partial charge in [0, 0.05) is 28.6 Å². The van der Waals surface area contributed by atoms with E-state index >= 15 is 0 Å². The third kappa shape index (κ3) is 9.76. The Hall–Kier alpha value is -5.16. The Kier molecular flexibility index (Phi) is 12.7. The van der Waals surface area contributed by atoms with E-state index in [0.717, 1.165) is 30.0 Å². The molecule has 6 atom stereocenters. The molecule has 0 radical (unpaired) electrons. The largest absolute Gasteiger partial charge is 0.505 e. The number of amides is 5. The molecule has 0 spiro atoms. The topological polar surface area (TPSA) is 239 Å². The van der Waals surface area contributed by atoms with Crippen LogP contribution in [-0.4, -0.2) is 97.9 Å². The number of halogens is 1. The highest BCUT2D eigenvalue weighted by Crippen LogP contribution is 2.32. The molecule has 51 heavy (non-hydrogen) atoms. The second-order valence-corrected chi connectivity index (χ2v) is 13.8. The standard InChI is InChI=1S/C34H41FN6O9S/c1-15(2)11-23-30(46)36-16(3)28(44)41-27(17(4)42)32(48)39-25(34(49)50)14-51-33-20(19-7-5-6-8-22(19)40-33)13-24(31(47)38-23)37-29(45)18-9-10-21(35)26(43)12-18/h5-10,12,15-17,23-25,27,40,42-43H,11,13-14H2,1-4H3,(H,36,46)(H,37,45)(H,38,47)(H,39,48)(H,41,44)(H,49,50)/t16-,17-,23+,24+,25+,27+/m1/s1. The number of thioether (sulfide) groups is 1. The molecule has 15 nitrogen and oxygen atoms in total. The number of hydrogen-bond acceptors (Lipinski definition) is 9. The number of carbonyl (C=O) groups excluding carboxylic acids is 5. The highest BCUT2D eigenvalue weighted by atomic mass is 32.2. The van der Waals surface area contributed by atoms with E-state index < -0.39 is 83.4 Å². The van der Waals surface area contributed by atoms with Crippen LogP contribution in [0.15, 0.2) is 47.5 Å². The lowest BCUT2D eigenvalue weighted by Crippen LogP contribution is -2.60. The lowest BCUT2D eigenvalue weighted by molar-refractivity contribution is -0.142. The van der Waals surface area contributed by atoms with Crippen LogP contribution in [0.2, 0.25) is 0 Å². The summed E-state index contributed by atoms with van der Waals surface area (Å²) in [5.41, 5.74) is 0.970. The molecule has 2 aromatic carbocycles. The van der Waals surface area contributed by atoms with Gasteiger partial charge in [-0.2, -0.15) is 0 Å². The summed E-state index contributed by atoms with van der Waals surface area (Å²) < 4.78 is 13.8. The van der Waals surface area contributed by atoms with Crippen molar-refractivity contribution in [3.05, 3.63) is 59.4 Å². The van der Waals surface area contributed by atoms with Gasteiger partial charge in [-0.3, -0.25) is 24.0 Å². The maximum Gasteiger partial charge on any atom is 0.327 e. The number of aliphatic hydroxyl groups excluding tert-OH is 1. The van der Waals surface area contributed by atoms with Gasteiger partial charge < -0.3 is 46.9 Å². The summed E-state index contributed by atoms with van der Waals surface area (Å²) in [5, 5.41) is 43.8. The number of carbonyl (C=O) groups is 6. The Bertz CT molecular complexity index is 1820. The molecule has 0 unspecified atom stereocenters. The van der Waals surface area contributed by atoms with Gasteiger partial charge in [-0.25, -0.2) is 9.18 Å². The predicted molar refractivity (Wildman–Crippen MR) is 184 cm³/mol. The van der Waals surface area contributed by atoms with Crippen molar-refractivity contribution in [1.29, 1.82) is 0 Å². The Labute approximate surface area is 296 Å². The second-order valence-electron chi connectivity index (χ2n) is 12.7. The monoisotopic (exact) mass is 728 g/mol. The van der Waals surface area contributed by atoms with E-state index in [1.54, 1.807) is 24.3 Å². The molecule has 4 rings (SSSR count). The number of rotatable bonds is 6. The molecule has 0 fully saturated rings. The van der Waals surface area contributed by atoms with Crippen molar-refractivity contribution in [2.75, 3.05) is 5.75 Å². The van der Waals surface area contributed by atoms with Gasteiger partial charge in [0.2, 0.25) is 23.6 Å². The zero-order valence-electron chi connectivity index (χ0n) is 28.3. The van der Waals surface area contributed by atoms with E-state index in [1.165, 1.54) is 13.8 Å². The summed E-state index contributed by atoms with van der Waals surface area (Å²) >= 11 is 1.01. The van der Waals surface area contributed by atoms with Crippen LogP contribution >= 0.6 is 11.8 Å². The molecule has 0 saturated heterocycles. The van der Waals surface area contributed by atoms with Crippen molar-refractivity contribution < 1.29 is 48.5 Å². The minimum Gasteiger partial charge on any atom is -0.505 e. The number of benzene rings is 2. The molecule has 3 aromatic rings. The number of phenolic OH excluding ortho intramolecular Hbond substituents is 1. The molecule has 0 bridgehead atoms. The normalized spacial score (nSPS) is 23.2. The lowest BCUT2D eigenvalue weighted by Gasteiger charge is -2.27. The fourth-order valence-corrected chi connectivity index (χ4v) is 6.56. The lowest BCUT2D eigenvalue weighted by atomic mass is 10.00. The number of aromatic amines is 1. The minimum absolute atomic E-state index is 0.125. The van der Waals surface area contributed by atoms with Gasteiger partial charge in [-0.15, -0.1) is 11.8 Å². The van der Waals surface area contributed by atoms with Gasteiger partial charge in [-0.1, -0.05) is 32.0 Å². The van der Waals surface area contributed by atoms with Crippen molar-refractivity contribution in [1.82, 2.24) is 31.6 Å². The number of carboxylic acids is 1. The van der Waals surface area contributed by atoms with Gasteiger partial charge in [0.05, 0.1) is 11.1 Å². The summed E-state index contributed by atoms with van der Waals surface area (Å²) in [6, 6.07) is 3.05. The van der Waals surface area contributed by atoms with Crippen molar-refractivity contribution in [3.63, 3.8) is 0 Å². The fourth-order valence-electron chi connectivity index (χ4n) is 5.45. The molecule has 2 heterocycles. The SMILES string of the molecule is CC(C)C[C@@H]1NC(=O)[C@@H](NC(=O)c2ccc(F)c(O)c2)Cc2c([nH]c3ccccc23)SC[C@@H](C(=O)O)NC(=O)[C@H]([C@@H](C)O)NC(=O)[C@@H](C)NC1=O. The van der Waals surface area contributed by atoms with Crippen LogP contribution in [0.25, 0.3) is 10.9 Å². The first-order valence-electron chi connectivity index (χ1n) is 16.2. The highest BCUT2D eigenvalue weighted by molar-refractivity contribution is 7.99. The number of carboxylic acid groups (broad SMARTS) is 1. The maximum absolute atomic E-state index is 14.1. The molecule has 9 N–H and O–H groups in total. The Balaban J connectivity index is 1.81. The molecule has 5 amide bonds. The number of nitrogens with one attached hydrogen (secondary N) is 6. The Morgan fingerprint density at radius 1 is 0.961 bits per heavy atom. The van der Waals surface area contributed by atoms with Crippen LogP contribution in [0, 0.1) is 11.7 Å². The zero-order chi connectivity index (χ0) is 37.6. The number of para-hydroxylation sites is 1. The molecule has 1 aliphatic heterocycles. The quantitative estimate of drug-likeness (QED) is 0.174. The number of fused-ring (bicyclic) bond motifs is 3. The molecule has 1 aromatic heterocycles. The Morgan fingerprint density at radius 3 is 2.31 bits per heavy atom. The number of aromatic hydroxyl groups is 1. The van der Waals surface area contributed by atoms with Gasteiger partial charge >= 0.3 is 5.97 Å². The van der Waals surface area contributed by atoms with E-state index in [1.807, 2.05) is 13.8 Å². The van der Waals surface area contributed by atoms with E-state index in [4.69, 9.17) is 0 Å². The van der Waals surface area contributed by atoms with Crippen LogP contribution in [0.4, 0.5) is 4.39 Å². The van der Waals surface area contributed by atoms with E-state index in [0.29, 0.717) is 21.5 Å². The van der Waals surface area contributed by atoms with Crippen molar-refractivity contribution >= 4 is 58.2 Å². The number of phenols is 1. The molecule has 274 valence electrons. The fraction of sp³-hybridized carbons (Fsp3) is 0.412. The molecular weight excluding hydrogens is 687 g/mol. The number of aliphatic hydroxyl groups is 1. The van der Waals surface area contributed by atoms with Gasteiger partial charge in [-0.05, 0) is 56.0 Å². The van der Waals surface area contributed by atoms with E-state index in [-0.39, 0.29) is 30.1 Å². The number of aromatic nitrogens is 1. The zero-order valence-corrected chi connectivity index (χ0v) is 29.1. The van der Waals surface area contributed by atoms with Gasteiger partial charge in [0.25, 0.3) is 5.91 Å². The van der Waals surface area contributed by atoms with Crippen molar-refractivity contribution in [3.8, 4) is 5.75 Å². The highest BCUT2D eigenvalue weighted by Gasteiger charge is 2.34. The molecule has 0 saturated carbocycles. The molecular formula is C34H41FN6O9S. The maximum atomic E-state index is 14.1. The van der Waals surface area contributed by atoms with Gasteiger partial charge in [0.15, 0.2) is 11.6 Å². The average Bonchev–Trinajstić information content (AvgIpc) is 3.41. The number of hydrogen-bond donors (Lipinski definition) is 9.